The lowest BCUT2D eigenvalue weighted by Gasteiger charge is -2.25. The Morgan fingerprint density at radius 2 is 2.14 bits per heavy atom. The van der Waals surface area contributed by atoms with Crippen LogP contribution in [0.15, 0.2) is 18.2 Å². The van der Waals surface area contributed by atoms with Gasteiger partial charge in [0.1, 0.15) is 6.61 Å². The number of rotatable bonds is 5. The number of benzene rings is 1. The fourth-order valence-electron chi connectivity index (χ4n) is 2.55. The summed E-state index contributed by atoms with van der Waals surface area (Å²) in [5.41, 5.74) is 1.05. The molecule has 2 atom stereocenters. The van der Waals surface area contributed by atoms with Crippen molar-refractivity contribution in [1.29, 1.82) is 0 Å². The van der Waals surface area contributed by atoms with Crippen molar-refractivity contribution in [2.75, 3.05) is 19.8 Å². The molecule has 0 saturated carbocycles. The number of ether oxygens (including phenoxy) is 2. The van der Waals surface area contributed by atoms with Crippen molar-refractivity contribution < 1.29 is 19.4 Å². The van der Waals surface area contributed by atoms with Crippen molar-refractivity contribution in [1.82, 2.24) is 0 Å². The quantitative estimate of drug-likeness (QED) is 0.892. The normalized spacial score (nSPS) is 22.8. The lowest BCUT2D eigenvalue weighted by Crippen LogP contribution is -2.28. The van der Waals surface area contributed by atoms with E-state index in [1.54, 1.807) is 6.07 Å². The number of carbonyl (C=O) groups is 1. The zero-order valence-electron chi connectivity index (χ0n) is 11.6. The summed E-state index contributed by atoms with van der Waals surface area (Å²) < 4.78 is 11.0. The van der Waals surface area contributed by atoms with E-state index in [1.165, 1.54) is 0 Å². The lowest BCUT2D eigenvalue weighted by molar-refractivity contribution is -0.143. The van der Waals surface area contributed by atoms with Crippen molar-refractivity contribution in [2.45, 2.75) is 31.3 Å². The molecule has 0 radical (unpaired) electrons. The Labute approximate surface area is 133 Å². The molecule has 0 amide bonds. The maximum atomic E-state index is 10.5. The Balaban J connectivity index is 2.10. The van der Waals surface area contributed by atoms with Gasteiger partial charge in [-0.05, 0) is 30.5 Å². The third kappa shape index (κ3) is 4.85. The van der Waals surface area contributed by atoms with Gasteiger partial charge in [0.25, 0.3) is 0 Å². The molecule has 1 aliphatic heterocycles. The summed E-state index contributed by atoms with van der Waals surface area (Å²) >= 11 is 12.0. The predicted molar refractivity (Wildman–Crippen MR) is 81.2 cm³/mol. The van der Waals surface area contributed by atoms with Crippen LogP contribution in [0.25, 0.3) is 0 Å². The second-order valence-corrected chi connectivity index (χ2v) is 5.91. The molecule has 0 spiro atoms. The number of aliphatic carboxylic acids is 1. The maximum absolute atomic E-state index is 10.5. The maximum Gasteiger partial charge on any atom is 0.329 e. The minimum Gasteiger partial charge on any atom is -0.480 e. The summed E-state index contributed by atoms with van der Waals surface area (Å²) in [4.78, 5) is 10.5. The van der Waals surface area contributed by atoms with Crippen LogP contribution in [0.5, 0.6) is 0 Å². The van der Waals surface area contributed by atoms with Gasteiger partial charge in [0.2, 0.25) is 0 Å². The highest BCUT2D eigenvalue weighted by Gasteiger charge is 2.27. The van der Waals surface area contributed by atoms with E-state index in [1.807, 2.05) is 12.1 Å². The lowest BCUT2D eigenvalue weighted by atomic mass is 9.89. The number of hydrogen-bond donors (Lipinski definition) is 1. The first-order valence-electron chi connectivity index (χ1n) is 6.94. The van der Waals surface area contributed by atoms with Gasteiger partial charge in [-0.15, -0.1) is 0 Å². The zero-order valence-corrected chi connectivity index (χ0v) is 13.1. The van der Waals surface area contributed by atoms with Crippen molar-refractivity contribution in [2.24, 2.45) is 0 Å². The highest BCUT2D eigenvalue weighted by atomic mass is 35.5. The van der Waals surface area contributed by atoms with E-state index in [4.69, 9.17) is 37.8 Å². The fraction of sp³-hybridized carbons (Fsp3) is 0.533. The number of hydrogen-bond acceptors (Lipinski definition) is 3. The highest BCUT2D eigenvalue weighted by Crippen LogP contribution is 2.34. The molecule has 1 saturated heterocycles. The summed E-state index contributed by atoms with van der Waals surface area (Å²) in [5, 5.41) is 9.69. The monoisotopic (exact) mass is 332 g/mol. The SMILES string of the molecule is O=C(O)COC[C@@H]1OCCCCC1c1ccc(Cl)c(Cl)c1. The van der Waals surface area contributed by atoms with Crippen LogP contribution < -0.4 is 0 Å². The summed E-state index contributed by atoms with van der Waals surface area (Å²) in [7, 11) is 0. The first-order valence-corrected chi connectivity index (χ1v) is 7.69. The Morgan fingerprint density at radius 3 is 2.86 bits per heavy atom. The van der Waals surface area contributed by atoms with Crippen molar-refractivity contribution >= 4 is 29.2 Å². The van der Waals surface area contributed by atoms with Crippen LogP contribution in [0, 0.1) is 0 Å². The van der Waals surface area contributed by atoms with E-state index in [-0.39, 0.29) is 25.2 Å². The van der Waals surface area contributed by atoms with Crippen LogP contribution >= 0.6 is 23.2 Å². The third-order valence-electron chi connectivity index (χ3n) is 3.57. The van der Waals surface area contributed by atoms with E-state index < -0.39 is 5.97 Å². The molecular formula is C15H18Cl2O4. The molecule has 116 valence electrons. The molecule has 1 heterocycles. The fourth-order valence-corrected chi connectivity index (χ4v) is 2.86. The van der Waals surface area contributed by atoms with Gasteiger partial charge in [-0.3, -0.25) is 0 Å². The molecule has 0 aromatic heterocycles. The minimum atomic E-state index is -0.977. The van der Waals surface area contributed by atoms with Crippen molar-refractivity contribution in [3.63, 3.8) is 0 Å². The summed E-state index contributed by atoms with van der Waals surface area (Å²) in [6, 6.07) is 5.57. The number of carboxylic acid groups (broad SMARTS) is 1. The van der Waals surface area contributed by atoms with E-state index in [0.717, 1.165) is 24.8 Å². The molecule has 0 bridgehead atoms. The van der Waals surface area contributed by atoms with Gasteiger partial charge in [0.15, 0.2) is 0 Å². The Morgan fingerprint density at radius 1 is 1.33 bits per heavy atom. The molecule has 21 heavy (non-hydrogen) atoms. The van der Waals surface area contributed by atoms with Gasteiger partial charge in [0.05, 0.1) is 22.8 Å². The molecule has 1 aromatic rings. The Bertz CT molecular complexity index is 493. The van der Waals surface area contributed by atoms with Crippen molar-refractivity contribution in [3.05, 3.63) is 33.8 Å². The molecule has 0 aliphatic carbocycles. The molecule has 6 heteroatoms. The Hall–Kier alpha value is -0.810. The molecule has 1 fully saturated rings. The van der Waals surface area contributed by atoms with Gasteiger partial charge < -0.3 is 14.6 Å². The van der Waals surface area contributed by atoms with Crippen LogP contribution in [0.1, 0.15) is 30.7 Å². The van der Waals surface area contributed by atoms with E-state index in [2.05, 4.69) is 0 Å². The Kier molecular flexibility index (Phi) is 6.30. The first kappa shape index (κ1) is 16.6. The molecule has 4 nitrogen and oxygen atoms in total. The molecular weight excluding hydrogens is 315 g/mol. The number of carboxylic acids is 1. The second-order valence-electron chi connectivity index (χ2n) is 5.09. The average molecular weight is 333 g/mol. The summed E-state index contributed by atoms with van der Waals surface area (Å²) in [5.74, 6) is -0.842. The largest absolute Gasteiger partial charge is 0.480 e. The number of halogens is 2. The van der Waals surface area contributed by atoms with E-state index in [9.17, 15) is 4.79 Å². The van der Waals surface area contributed by atoms with E-state index >= 15 is 0 Å². The van der Waals surface area contributed by atoms with Crippen LogP contribution in [-0.2, 0) is 14.3 Å². The summed E-state index contributed by atoms with van der Waals surface area (Å²) in [6.45, 7) is 0.615. The average Bonchev–Trinajstić information content (AvgIpc) is 2.67. The predicted octanol–water partition coefficient (Wildman–Crippen LogP) is 3.75. The van der Waals surface area contributed by atoms with Gasteiger partial charge in [-0.1, -0.05) is 35.7 Å². The second kappa shape index (κ2) is 7.99. The van der Waals surface area contributed by atoms with Crippen LogP contribution in [0.3, 0.4) is 0 Å². The van der Waals surface area contributed by atoms with Gasteiger partial charge in [0, 0.05) is 12.5 Å². The van der Waals surface area contributed by atoms with Gasteiger partial charge in [-0.2, -0.15) is 0 Å². The smallest absolute Gasteiger partial charge is 0.329 e. The third-order valence-corrected chi connectivity index (χ3v) is 4.31. The summed E-state index contributed by atoms with van der Waals surface area (Å²) in [6.07, 6.45) is 2.84. The van der Waals surface area contributed by atoms with Crippen LogP contribution in [0.4, 0.5) is 0 Å². The molecule has 1 aliphatic rings. The van der Waals surface area contributed by atoms with Gasteiger partial charge >= 0.3 is 5.97 Å². The molecule has 1 unspecified atom stereocenters. The molecule has 2 rings (SSSR count). The van der Waals surface area contributed by atoms with Gasteiger partial charge in [-0.25, -0.2) is 4.79 Å². The standard InChI is InChI=1S/C15H18Cl2O4/c16-12-5-4-10(7-13(12)17)11-3-1-2-6-21-14(11)8-20-9-15(18)19/h4-5,7,11,14H,1-3,6,8-9H2,(H,18,19)/t11?,14-/m0/s1. The topological polar surface area (TPSA) is 55.8 Å². The highest BCUT2D eigenvalue weighted by molar-refractivity contribution is 6.42. The van der Waals surface area contributed by atoms with E-state index in [0.29, 0.717) is 16.7 Å². The molecule has 1 aromatic carbocycles. The molecule has 1 N–H and O–H groups in total. The van der Waals surface area contributed by atoms with Crippen LogP contribution in [0.2, 0.25) is 10.0 Å². The van der Waals surface area contributed by atoms with Crippen molar-refractivity contribution in [3.8, 4) is 0 Å². The first-order chi connectivity index (χ1) is 10.1. The van der Waals surface area contributed by atoms with Crippen LogP contribution in [-0.4, -0.2) is 37.0 Å². The minimum absolute atomic E-state index is 0.135. The zero-order chi connectivity index (χ0) is 15.2.